The van der Waals surface area contributed by atoms with Crippen LogP contribution in [-0.2, 0) is 6.61 Å². The summed E-state index contributed by atoms with van der Waals surface area (Å²) in [4.78, 5) is 0. The van der Waals surface area contributed by atoms with Gasteiger partial charge in [0.05, 0.1) is 18.7 Å². The van der Waals surface area contributed by atoms with Gasteiger partial charge in [-0.25, -0.2) is 4.39 Å². The summed E-state index contributed by atoms with van der Waals surface area (Å²) in [5, 5.41) is 8.97. The first-order chi connectivity index (χ1) is 10.5. The van der Waals surface area contributed by atoms with Crippen molar-refractivity contribution in [3.63, 3.8) is 0 Å². The second-order valence-electron chi connectivity index (χ2n) is 5.27. The quantitative estimate of drug-likeness (QED) is 0.821. The average Bonchev–Trinajstić information content (AvgIpc) is 2.53. The molecule has 0 saturated heterocycles. The number of halogens is 1. The number of rotatable bonds is 5. The van der Waals surface area contributed by atoms with Crippen LogP contribution in [0.25, 0.3) is 0 Å². The van der Waals surface area contributed by atoms with Crippen molar-refractivity contribution >= 4 is 0 Å². The van der Waals surface area contributed by atoms with Gasteiger partial charge in [-0.15, -0.1) is 0 Å². The molecule has 0 fully saturated rings. The zero-order chi connectivity index (χ0) is 16.1. The van der Waals surface area contributed by atoms with Crippen molar-refractivity contribution in [3.8, 4) is 17.6 Å². The first kappa shape index (κ1) is 15.8. The Morgan fingerprint density at radius 3 is 2.59 bits per heavy atom. The molecule has 0 amide bonds. The molecule has 2 aromatic rings. The van der Waals surface area contributed by atoms with E-state index in [2.05, 4.69) is 6.07 Å². The highest BCUT2D eigenvalue weighted by Gasteiger charge is 2.10. The van der Waals surface area contributed by atoms with Gasteiger partial charge in [0.15, 0.2) is 0 Å². The molecular weight excluding hydrogens is 281 g/mol. The summed E-state index contributed by atoms with van der Waals surface area (Å²) in [5.41, 5.74) is 1.94. The number of methoxy groups -OCH3 is 1. The van der Waals surface area contributed by atoms with Crippen LogP contribution in [0, 0.1) is 17.1 Å². The molecule has 4 heteroatoms. The topological polar surface area (TPSA) is 42.2 Å². The Kier molecular flexibility index (Phi) is 5.00. The Hall–Kier alpha value is -2.54. The first-order valence-electron chi connectivity index (χ1n) is 7.04. The fourth-order valence-corrected chi connectivity index (χ4v) is 2.18. The van der Waals surface area contributed by atoms with Gasteiger partial charge >= 0.3 is 0 Å². The van der Waals surface area contributed by atoms with Crippen LogP contribution in [0.5, 0.6) is 11.5 Å². The van der Waals surface area contributed by atoms with Crippen LogP contribution in [0.3, 0.4) is 0 Å². The van der Waals surface area contributed by atoms with Crippen molar-refractivity contribution in [1.29, 1.82) is 5.26 Å². The molecule has 0 aliphatic heterocycles. The Bertz CT molecular complexity index is 705. The zero-order valence-electron chi connectivity index (χ0n) is 12.9. The number of benzene rings is 2. The minimum atomic E-state index is -0.230. The van der Waals surface area contributed by atoms with E-state index in [1.807, 2.05) is 13.8 Å². The third kappa shape index (κ3) is 3.56. The molecule has 0 N–H and O–H groups in total. The molecule has 0 atom stereocenters. The molecule has 3 nitrogen and oxygen atoms in total. The maximum atomic E-state index is 13.7. The van der Waals surface area contributed by atoms with E-state index in [0.29, 0.717) is 22.6 Å². The lowest BCUT2D eigenvalue weighted by Crippen LogP contribution is -2.01. The Morgan fingerprint density at radius 1 is 1.18 bits per heavy atom. The molecule has 0 radical (unpaired) electrons. The van der Waals surface area contributed by atoms with Crippen LogP contribution in [0.1, 0.15) is 36.5 Å². The molecule has 2 aromatic carbocycles. The molecule has 0 aliphatic carbocycles. The molecule has 0 spiro atoms. The Balaban J connectivity index is 2.20. The van der Waals surface area contributed by atoms with Crippen LogP contribution < -0.4 is 9.47 Å². The number of hydrogen-bond donors (Lipinski definition) is 0. The second-order valence-corrected chi connectivity index (χ2v) is 5.27. The van der Waals surface area contributed by atoms with Crippen LogP contribution in [0.15, 0.2) is 36.4 Å². The van der Waals surface area contributed by atoms with E-state index in [0.717, 1.165) is 5.56 Å². The molecule has 2 rings (SSSR count). The number of nitrogens with zero attached hydrogens (tertiary/aromatic N) is 1. The average molecular weight is 299 g/mol. The molecule has 0 aliphatic rings. The summed E-state index contributed by atoms with van der Waals surface area (Å²) >= 11 is 0. The van der Waals surface area contributed by atoms with E-state index in [4.69, 9.17) is 14.7 Å². The standard InChI is InChI=1S/C18H18FNO2/c1-12(2)16-9-15(5-6-17(16)19)22-11-14-8-13(10-20)4-7-18(14)21-3/h4-9,12H,11H2,1-3H3. The summed E-state index contributed by atoms with van der Waals surface area (Å²) in [5.74, 6) is 1.10. The van der Waals surface area contributed by atoms with Crippen LogP contribution in [-0.4, -0.2) is 7.11 Å². The second kappa shape index (κ2) is 6.95. The van der Waals surface area contributed by atoms with E-state index in [-0.39, 0.29) is 18.3 Å². The third-order valence-electron chi connectivity index (χ3n) is 3.39. The zero-order valence-corrected chi connectivity index (χ0v) is 12.9. The molecule has 0 aromatic heterocycles. The van der Waals surface area contributed by atoms with Crippen LogP contribution >= 0.6 is 0 Å². The smallest absolute Gasteiger partial charge is 0.126 e. The summed E-state index contributed by atoms with van der Waals surface area (Å²) < 4.78 is 24.7. The van der Waals surface area contributed by atoms with Gasteiger partial charge in [-0.3, -0.25) is 0 Å². The predicted octanol–water partition coefficient (Wildman–Crippen LogP) is 4.41. The Labute approximate surface area is 129 Å². The van der Waals surface area contributed by atoms with E-state index >= 15 is 0 Å². The van der Waals surface area contributed by atoms with Gasteiger partial charge in [0.25, 0.3) is 0 Å². The van der Waals surface area contributed by atoms with Crippen molar-refractivity contribution in [3.05, 3.63) is 58.9 Å². The maximum Gasteiger partial charge on any atom is 0.126 e. The van der Waals surface area contributed by atoms with Crippen molar-refractivity contribution in [2.75, 3.05) is 7.11 Å². The van der Waals surface area contributed by atoms with E-state index in [9.17, 15) is 4.39 Å². The molecule has 0 saturated carbocycles. The van der Waals surface area contributed by atoms with E-state index < -0.39 is 0 Å². The molecular formula is C18H18FNO2. The van der Waals surface area contributed by atoms with E-state index in [1.165, 1.54) is 6.07 Å². The number of hydrogen-bond acceptors (Lipinski definition) is 3. The molecule has 0 bridgehead atoms. The van der Waals surface area contributed by atoms with Gasteiger partial charge < -0.3 is 9.47 Å². The highest BCUT2D eigenvalue weighted by Crippen LogP contribution is 2.26. The first-order valence-corrected chi connectivity index (χ1v) is 7.04. The van der Waals surface area contributed by atoms with Crippen molar-refractivity contribution in [2.24, 2.45) is 0 Å². The van der Waals surface area contributed by atoms with Crippen molar-refractivity contribution in [1.82, 2.24) is 0 Å². The normalized spacial score (nSPS) is 10.4. The lowest BCUT2D eigenvalue weighted by atomic mass is 10.0. The van der Waals surface area contributed by atoms with Crippen LogP contribution in [0.4, 0.5) is 4.39 Å². The maximum absolute atomic E-state index is 13.7. The predicted molar refractivity (Wildman–Crippen MR) is 82.5 cm³/mol. The van der Waals surface area contributed by atoms with E-state index in [1.54, 1.807) is 37.4 Å². The highest BCUT2D eigenvalue weighted by atomic mass is 19.1. The van der Waals surface area contributed by atoms with Gasteiger partial charge in [-0.05, 0) is 47.9 Å². The molecule has 0 unspecified atom stereocenters. The fourth-order valence-electron chi connectivity index (χ4n) is 2.18. The molecule has 114 valence electrons. The largest absolute Gasteiger partial charge is 0.496 e. The van der Waals surface area contributed by atoms with Gasteiger partial charge in [-0.2, -0.15) is 5.26 Å². The summed E-state index contributed by atoms with van der Waals surface area (Å²) in [6.07, 6.45) is 0. The lowest BCUT2D eigenvalue weighted by Gasteiger charge is -2.13. The minimum absolute atomic E-state index is 0.0833. The SMILES string of the molecule is COc1ccc(C#N)cc1COc1ccc(F)c(C(C)C)c1. The highest BCUT2D eigenvalue weighted by molar-refractivity contribution is 5.42. The van der Waals surface area contributed by atoms with Gasteiger partial charge in [-0.1, -0.05) is 13.8 Å². The fraction of sp³-hybridized carbons (Fsp3) is 0.278. The summed E-state index contributed by atoms with van der Waals surface area (Å²) in [6.45, 7) is 4.12. The van der Waals surface area contributed by atoms with Gasteiger partial charge in [0.1, 0.15) is 23.9 Å². The van der Waals surface area contributed by atoms with Crippen molar-refractivity contribution in [2.45, 2.75) is 26.4 Å². The molecule has 22 heavy (non-hydrogen) atoms. The third-order valence-corrected chi connectivity index (χ3v) is 3.39. The Morgan fingerprint density at radius 2 is 1.95 bits per heavy atom. The monoisotopic (exact) mass is 299 g/mol. The number of ether oxygens (including phenoxy) is 2. The van der Waals surface area contributed by atoms with Gasteiger partial charge in [0.2, 0.25) is 0 Å². The van der Waals surface area contributed by atoms with Gasteiger partial charge in [0, 0.05) is 5.56 Å². The summed E-state index contributed by atoms with van der Waals surface area (Å²) in [6, 6.07) is 12.0. The number of nitriles is 1. The molecule has 0 heterocycles. The van der Waals surface area contributed by atoms with Crippen molar-refractivity contribution < 1.29 is 13.9 Å². The van der Waals surface area contributed by atoms with Crippen LogP contribution in [0.2, 0.25) is 0 Å². The lowest BCUT2D eigenvalue weighted by molar-refractivity contribution is 0.295. The summed E-state index contributed by atoms with van der Waals surface area (Å²) in [7, 11) is 1.57. The minimum Gasteiger partial charge on any atom is -0.496 e.